The SMILES string of the molecule is CC(C)n1ncc2c(C(=O)NC(CC3CC3)C(=O)O)cc(-c3ccccc3)nc21. The van der Waals surface area contributed by atoms with E-state index >= 15 is 0 Å². The number of hydrogen-bond acceptors (Lipinski definition) is 4. The van der Waals surface area contributed by atoms with Crippen molar-refractivity contribution in [2.45, 2.75) is 45.2 Å². The van der Waals surface area contributed by atoms with E-state index in [9.17, 15) is 14.7 Å². The molecule has 7 nitrogen and oxygen atoms in total. The molecule has 1 aromatic carbocycles. The predicted octanol–water partition coefficient (Wildman–Crippen LogP) is 3.66. The van der Waals surface area contributed by atoms with Gasteiger partial charge in [0.1, 0.15) is 6.04 Å². The molecular formula is C22H24N4O3. The van der Waals surface area contributed by atoms with Crippen molar-refractivity contribution in [1.29, 1.82) is 0 Å². The molecule has 0 saturated heterocycles. The van der Waals surface area contributed by atoms with Crippen molar-refractivity contribution in [2.24, 2.45) is 5.92 Å². The Kier molecular flexibility index (Phi) is 5.05. The molecule has 0 radical (unpaired) electrons. The first-order valence-electron chi connectivity index (χ1n) is 9.91. The van der Waals surface area contributed by atoms with Crippen LogP contribution in [0.1, 0.15) is 49.5 Å². The molecule has 1 aliphatic rings. The molecule has 1 atom stereocenters. The number of hydrogen-bond donors (Lipinski definition) is 2. The van der Waals surface area contributed by atoms with Crippen LogP contribution in [0.5, 0.6) is 0 Å². The van der Waals surface area contributed by atoms with E-state index in [1.807, 2.05) is 44.2 Å². The Hall–Kier alpha value is -3.22. The van der Waals surface area contributed by atoms with Crippen molar-refractivity contribution in [1.82, 2.24) is 20.1 Å². The molecule has 4 rings (SSSR count). The van der Waals surface area contributed by atoms with Crippen LogP contribution in [0.3, 0.4) is 0 Å². The van der Waals surface area contributed by atoms with E-state index in [4.69, 9.17) is 4.98 Å². The van der Waals surface area contributed by atoms with Crippen LogP contribution in [0, 0.1) is 5.92 Å². The summed E-state index contributed by atoms with van der Waals surface area (Å²) < 4.78 is 1.78. The van der Waals surface area contributed by atoms with E-state index < -0.39 is 17.9 Å². The second kappa shape index (κ2) is 7.66. The number of rotatable bonds is 7. The molecule has 0 spiro atoms. The van der Waals surface area contributed by atoms with Crippen LogP contribution in [-0.2, 0) is 4.79 Å². The molecule has 3 aromatic rings. The van der Waals surface area contributed by atoms with Gasteiger partial charge < -0.3 is 10.4 Å². The van der Waals surface area contributed by atoms with Crippen LogP contribution in [0.15, 0.2) is 42.6 Å². The van der Waals surface area contributed by atoms with E-state index in [2.05, 4.69) is 10.4 Å². The summed E-state index contributed by atoms with van der Waals surface area (Å²) in [5.74, 6) is -1.03. The molecule has 150 valence electrons. The van der Waals surface area contributed by atoms with Gasteiger partial charge in [0.05, 0.1) is 22.8 Å². The van der Waals surface area contributed by atoms with Gasteiger partial charge in [-0.3, -0.25) is 4.79 Å². The fraction of sp³-hybridized carbons (Fsp3) is 0.364. The molecule has 29 heavy (non-hydrogen) atoms. The summed E-state index contributed by atoms with van der Waals surface area (Å²) in [4.78, 5) is 29.5. The zero-order valence-corrected chi connectivity index (χ0v) is 16.5. The molecule has 1 amide bonds. The summed E-state index contributed by atoms with van der Waals surface area (Å²) in [6, 6.07) is 10.5. The van der Waals surface area contributed by atoms with E-state index in [0.717, 1.165) is 18.4 Å². The largest absolute Gasteiger partial charge is 0.480 e. The first kappa shape index (κ1) is 19.1. The Morgan fingerprint density at radius 3 is 2.59 bits per heavy atom. The van der Waals surface area contributed by atoms with Gasteiger partial charge in [-0.1, -0.05) is 43.2 Å². The lowest BCUT2D eigenvalue weighted by Gasteiger charge is -2.15. The van der Waals surface area contributed by atoms with Gasteiger partial charge in [0.2, 0.25) is 0 Å². The third-order valence-electron chi connectivity index (χ3n) is 5.24. The third-order valence-corrected chi connectivity index (χ3v) is 5.24. The average Bonchev–Trinajstić information content (AvgIpc) is 3.42. The number of nitrogens with one attached hydrogen (secondary N) is 1. The summed E-state index contributed by atoms with van der Waals surface area (Å²) >= 11 is 0. The first-order chi connectivity index (χ1) is 13.9. The van der Waals surface area contributed by atoms with E-state index in [-0.39, 0.29) is 6.04 Å². The normalized spacial score (nSPS) is 14.9. The number of amides is 1. The minimum absolute atomic E-state index is 0.0727. The lowest BCUT2D eigenvalue weighted by molar-refractivity contribution is -0.139. The van der Waals surface area contributed by atoms with Crippen molar-refractivity contribution in [3.05, 3.63) is 48.2 Å². The highest BCUT2D eigenvalue weighted by molar-refractivity contribution is 6.07. The predicted molar refractivity (Wildman–Crippen MR) is 110 cm³/mol. The second-order valence-corrected chi connectivity index (χ2v) is 7.88. The fourth-order valence-corrected chi connectivity index (χ4v) is 3.48. The smallest absolute Gasteiger partial charge is 0.326 e. The number of benzene rings is 1. The van der Waals surface area contributed by atoms with Gasteiger partial charge in [0, 0.05) is 11.6 Å². The number of carbonyl (C=O) groups excluding carboxylic acids is 1. The van der Waals surface area contributed by atoms with E-state index in [0.29, 0.717) is 34.6 Å². The lowest BCUT2D eigenvalue weighted by atomic mass is 10.1. The number of nitrogens with zero attached hydrogens (tertiary/aromatic N) is 3. The Balaban J connectivity index is 1.77. The molecule has 1 saturated carbocycles. The van der Waals surface area contributed by atoms with Crippen molar-refractivity contribution in [3.8, 4) is 11.3 Å². The van der Waals surface area contributed by atoms with Gasteiger partial charge in [0.15, 0.2) is 5.65 Å². The topological polar surface area (TPSA) is 97.1 Å². The maximum Gasteiger partial charge on any atom is 0.326 e. The maximum absolute atomic E-state index is 13.1. The number of carbonyl (C=O) groups is 2. The Bertz CT molecular complexity index is 1050. The molecule has 0 aliphatic heterocycles. The molecular weight excluding hydrogens is 368 g/mol. The van der Waals surface area contributed by atoms with Crippen LogP contribution in [0.2, 0.25) is 0 Å². The van der Waals surface area contributed by atoms with Gasteiger partial charge in [-0.2, -0.15) is 5.10 Å². The van der Waals surface area contributed by atoms with Crippen LogP contribution in [0.25, 0.3) is 22.3 Å². The molecule has 1 unspecified atom stereocenters. The van der Waals surface area contributed by atoms with Crippen LogP contribution in [0.4, 0.5) is 0 Å². The standard InChI is InChI=1S/C22H24N4O3/c1-13(2)26-20-17(12-23-26)16(11-18(24-20)15-6-4-3-5-7-15)21(27)25-19(22(28)29)10-14-8-9-14/h3-7,11-14,19H,8-10H2,1-2H3,(H,25,27)(H,28,29). The number of aliphatic carboxylic acids is 1. The lowest BCUT2D eigenvalue weighted by Crippen LogP contribution is -2.41. The Labute approximate surface area is 168 Å². The molecule has 0 bridgehead atoms. The van der Waals surface area contributed by atoms with Crippen molar-refractivity contribution in [3.63, 3.8) is 0 Å². The monoisotopic (exact) mass is 392 g/mol. The minimum atomic E-state index is -1.00. The zero-order chi connectivity index (χ0) is 20.5. The quantitative estimate of drug-likeness (QED) is 0.639. The summed E-state index contributed by atoms with van der Waals surface area (Å²) in [5.41, 5.74) is 2.54. The average molecular weight is 392 g/mol. The summed E-state index contributed by atoms with van der Waals surface area (Å²) in [5, 5.41) is 17.3. The molecule has 7 heteroatoms. The zero-order valence-electron chi connectivity index (χ0n) is 16.5. The number of fused-ring (bicyclic) bond motifs is 1. The summed E-state index contributed by atoms with van der Waals surface area (Å²) in [6.45, 7) is 4.00. The second-order valence-electron chi connectivity index (χ2n) is 7.88. The van der Waals surface area contributed by atoms with Crippen LogP contribution >= 0.6 is 0 Å². The van der Waals surface area contributed by atoms with Gasteiger partial charge in [0.25, 0.3) is 5.91 Å². The number of carboxylic acid groups (broad SMARTS) is 1. The number of carboxylic acids is 1. The Morgan fingerprint density at radius 1 is 1.24 bits per heavy atom. The van der Waals surface area contributed by atoms with Gasteiger partial charge in [-0.25, -0.2) is 14.5 Å². The minimum Gasteiger partial charge on any atom is -0.480 e. The van der Waals surface area contributed by atoms with Gasteiger partial charge in [-0.05, 0) is 32.3 Å². The van der Waals surface area contributed by atoms with Crippen molar-refractivity contribution >= 4 is 22.9 Å². The maximum atomic E-state index is 13.1. The highest BCUT2D eigenvalue weighted by Gasteiger charge is 2.31. The highest BCUT2D eigenvalue weighted by Crippen LogP contribution is 2.34. The van der Waals surface area contributed by atoms with Crippen LogP contribution in [-0.4, -0.2) is 37.8 Å². The highest BCUT2D eigenvalue weighted by atomic mass is 16.4. The summed E-state index contributed by atoms with van der Waals surface area (Å²) in [7, 11) is 0. The summed E-state index contributed by atoms with van der Waals surface area (Å²) in [6.07, 6.45) is 4.14. The molecule has 2 heterocycles. The molecule has 2 N–H and O–H groups in total. The third kappa shape index (κ3) is 3.99. The van der Waals surface area contributed by atoms with Gasteiger partial charge >= 0.3 is 5.97 Å². The first-order valence-corrected chi connectivity index (χ1v) is 9.91. The van der Waals surface area contributed by atoms with Crippen molar-refractivity contribution in [2.75, 3.05) is 0 Å². The number of aromatic nitrogens is 3. The van der Waals surface area contributed by atoms with Crippen LogP contribution < -0.4 is 5.32 Å². The number of pyridine rings is 1. The van der Waals surface area contributed by atoms with E-state index in [1.54, 1.807) is 16.9 Å². The molecule has 1 fully saturated rings. The van der Waals surface area contributed by atoms with Crippen molar-refractivity contribution < 1.29 is 14.7 Å². The Morgan fingerprint density at radius 2 is 1.97 bits per heavy atom. The van der Waals surface area contributed by atoms with Gasteiger partial charge in [-0.15, -0.1) is 0 Å². The fourth-order valence-electron chi connectivity index (χ4n) is 3.48. The van der Waals surface area contributed by atoms with E-state index in [1.165, 1.54) is 0 Å². The molecule has 1 aliphatic carbocycles. The molecule has 2 aromatic heterocycles.